The van der Waals surface area contributed by atoms with Gasteiger partial charge in [-0.2, -0.15) is 0 Å². The van der Waals surface area contributed by atoms with E-state index in [1.807, 2.05) is 13.8 Å². The number of hydrogen-bond acceptors (Lipinski definition) is 5. The summed E-state index contributed by atoms with van der Waals surface area (Å²) < 4.78 is 0. The van der Waals surface area contributed by atoms with E-state index in [4.69, 9.17) is 5.73 Å². The second kappa shape index (κ2) is 5.20. The number of rotatable bonds is 4. The monoisotopic (exact) mass is 268 g/mol. The zero-order valence-corrected chi connectivity index (χ0v) is 11.7. The van der Waals surface area contributed by atoms with E-state index in [-0.39, 0.29) is 11.3 Å². The van der Waals surface area contributed by atoms with Gasteiger partial charge in [0.25, 0.3) is 0 Å². The SMILES string of the molecule is Cc1nc(SC(c2sccc2C)C(C)N)n[nH]1. The summed E-state index contributed by atoms with van der Waals surface area (Å²) in [6, 6.07) is 2.19. The molecule has 2 unspecified atom stereocenters. The van der Waals surface area contributed by atoms with Gasteiger partial charge in [0.1, 0.15) is 5.82 Å². The largest absolute Gasteiger partial charge is 0.327 e. The highest BCUT2D eigenvalue weighted by Crippen LogP contribution is 2.39. The fourth-order valence-corrected chi connectivity index (χ4v) is 3.92. The lowest BCUT2D eigenvalue weighted by atomic mass is 10.1. The van der Waals surface area contributed by atoms with Crippen LogP contribution < -0.4 is 5.73 Å². The minimum atomic E-state index is 0.0659. The van der Waals surface area contributed by atoms with Crippen LogP contribution in [0.4, 0.5) is 0 Å². The number of hydrogen-bond donors (Lipinski definition) is 2. The number of nitrogens with zero attached hydrogens (tertiary/aromatic N) is 2. The number of nitrogens with one attached hydrogen (secondary N) is 1. The first-order valence-corrected chi connectivity index (χ1v) is 7.19. The first kappa shape index (κ1) is 12.6. The molecule has 2 heterocycles. The molecule has 0 bridgehead atoms. The molecule has 0 aromatic carbocycles. The standard InChI is InChI=1S/C11H16N4S2/c1-6-4-5-16-9(6)10(7(2)12)17-11-13-8(3)14-15-11/h4-5,7,10H,12H2,1-3H3,(H,13,14,15). The van der Waals surface area contributed by atoms with Gasteiger partial charge in [-0.25, -0.2) is 4.98 Å². The number of nitrogens with two attached hydrogens (primary N) is 1. The average molecular weight is 268 g/mol. The van der Waals surface area contributed by atoms with E-state index in [1.54, 1.807) is 23.1 Å². The topological polar surface area (TPSA) is 67.6 Å². The van der Waals surface area contributed by atoms with Crippen LogP contribution in [-0.2, 0) is 0 Å². The van der Waals surface area contributed by atoms with Crippen molar-refractivity contribution >= 4 is 23.1 Å². The van der Waals surface area contributed by atoms with Crippen LogP contribution in [0.15, 0.2) is 16.6 Å². The quantitative estimate of drug-likeness (QED) is 0.837. The van der Waals surface area contributed by atoms with Gasteiger partial charge in [-0.1, -0.05) is 11.8 Å². The maximum atomic E-state index is 6.07. The summed E-state index contributed by atoms with van der Waals surface area (Å²) >= 11 is 3.37. The molecule has 0 saturated heterocycles. The summed E-state index contributed by atoms with van der Waals surface area (Å²) in [7, 11) is 0. The van der Waals surface area contributed by atoms with E-state index in [2.05, 4.69) is 33.6 Å². The minimum absolute atomic E-state index is 0.0659. The van der Waals surface area contributed by atoms with Crippen LogP contribution in [-0.4, -0.2) is 21.2 Å². The summed E-state index contributed by atoms with van der Waals surface area (Å²) in [5.74, 6) is 0.832. The van der Waals surface area contributed by atoms with Gasteiger partial charge >= 0.3 is 0 Å². The maximum absolute atomic E-state index is 6.07. The minimum Gasteiger partial charge on any atom is -0.327 e. The van der Waals surface area contributed by atoms with Crippen LogP contribution in [0.1, 0.15) is 28.4 Å². The molecule has 92 valence electrons. The number of thioether (sulfide) groups is 1. The molecule has 17 heavy (non-hydrogen) atoms. The van der Waals surface area contributed by atoms with Crippen molar-refractivity contribution in [1.29, 1.82) is 0 Å². The average Bonchev–Trinajstić information content (AvgIpc) is 2.84. The normalized spacial score (nSPS) is 14.8. The lowest BCUT2D eigenvalue weighted by molar-refractivity contribution is 0.724. The van der Waals surface area contributed by atoms with Gasteiger partial charge in [-0.15, -0.1) is 16.4 Å². The summed E-state index contributed by atoms with van der Waals surface area (Å²) in [4.78, 5) is 5.63. The lowest BCUT2D eigenvalue weighted by Crippen LogP contribution is -2.22. The van der Waals surface area contributed by atoms with E-state index in [9.17, 15) is 0 Å². The van der Waals surface area contributed by atoms with Crippen LogP contribution in [0, 0.1) is 13.8 Å². The molecule has 0 aliphatic rings. The molecule has 0 aliphatic carbocycles. The first-order chi connectivity index (χ1) is 8.08. The molecular weight excluding hydrogens is 252 g/mol. The Hall–Kier alpha value is -0.850. The molecule has 0 amide bonds. The van der Waals surface area contributed by atoms with Crippen LogP contribution in [0.5, 0.6) is 0 Å². The molecule has 4 nitrogen and oxygen atoms in total. The summed E-state index contributed by atoms with van der Waals surface area (Å²) in [5, 5.41) is 10.1. The lowest BCUT2D eigenvalue weighted by Gasteiger charge is -2.18. The van der Waals surface area contributed by atoms with Crippen LogP contribution in [0.3, 0.4) is 0 Å². The van der Waals surface area contributed by atoms with Crippen molar-refractivity contribution in [2.75, 3.05) is 0 Å². The number of aromatic amines is 1. The van der Waals surface area contributed by atoms with Gasteiger partial charge in [0.2, 0.25) is 5.16 Å². The van der Waals surface area contributed by atoms with Gasteiger partial charge in [-0.05, 0) is 37.8 Å². The molecule has 3 N–H and O–H groups in total. The Morgan fingerprint density at radius 3 is 2.71 bits per heavy atom. The van der Waals surface area contributed by atoms with Crippen molar-refractivity contribution in [3.8, 4) is 0 Å². The second-order valence-electron chi connectivity index (χ2n) is 4.07. The third-order valence-electron chi connectivity index (χ3n) is 2.45. The molecule has 2 atom stereocenters. The molecule has 2 rings (SSSR count). The van der Waals surface area contributed by atoms with E-state index >= 15 is 0 Å². The zero-order valence-electron chi connectivity index (χ0n) is 10.1. The Balaban J connectivity index is 2.22. The fourth-order valence-electron chi connectivity index (χ4n) is 1.56. The van der Waals surface area contributed by atoms with Crippen LogP contribution >= 0.6 is 23.1 Å². The first-order valence-electron chi connectivity index (χ1n) is 5.43. The van der Waals surface area contributed by atoms with E-state index < -0.39 is 0 Å². The summed E-state index contributed by atoms with van der Waals surface area (Å²) in [6.45, 7) is 6.04. The van der Waals surface area contributed by atoms with Gasteiger partial charge in [0.15, 0.2) is 0 Å². The van der Waals surface area contributed by atoms with Crippen molar-refractivity contribution in [3.63, 3.8) is 0 Å². The molecule has 2 aromatic rings. The van der Waals surface area contributed by atoms with Gasteiger partial charge in [0, 0.05) is 10.9 Å². The molecule has 0 spiro atoms. The highest BCUT2D eigenvalue weighted by molar-refractivity contribution is 7.99. The van der Waals surface area contributed by atoms with Crippen molar-refractivity contribution in [2.45, 2.75) is 37.2 Å². The van der Waals surface area contributed by atoms with Crippen molar-refractivity contribution in [2.24, 2.45) is 5.73 Å². The highest BCUT2D eigenvalue weighted by Gasteiger charge is 2.22. The van der Waals surface area contributed by atoms with Gasteiger partial charge in [-0.3, -0.25) is 5.10 Å². The van der Waals surface area contributed by atoms with Crippen molar-refractivity contribution in [3.05, 3.63) is 27.7 Å². The molecule has 0 aliphatic heterocycles. The molecular formula is C11H16N4S2. The third-order valence-corrected chi connectivity index (χ3v) is 5.01. The molecule has 6 heteroatoms. The fraction of sp³-hybridized carbons (Fsp3) is 0.455. The molecule has 2 aromatic heterocycles. The Bertz CT molecular complexity index is 489. The van der Waals surface area contributed by atoms with Crippen molar-refractivity contribution in [1.82, 2.24) is 15.2 Å². The van der Waals surface area contributed by atoms with Crippen LogP contribution in [0.2, 0.25) is 0 Å². The predicted molar refractivity (Wildman–Crippen MR) is 72.4 cm³/mol. The second-order valence-corrected chi connectivity index (χ2v) is 6.13. The Labute approximate surface area is 109 Å². The number of H-pyrrole nitrogens is 1. The highest BCUT2D eigenvalue weighted by atomic mass is 32.2. The van der Waals surface area contributed by atoms with Gasteiger partial charge < -0.3 is 5.73 Å². The zero-order chi connectivity index (χ0) is 12.4. The Morgan fingerprint density at radius 1 is 1.47 bits per heavy atom. The van der Waals surface area contributed by atoms with Crippen LogP contribution in [0.25, 0.3) is 0 Å². The number of aromatic nitrogens is 3. The number of aryl methyl sites for hydroxylation is 2. The van der Waals surface area contributed by atoms with Gasteiger partial charge in [0.05, 0.1) is 5.25 Å². The van der Waals surface area contributed by atoms with E-state index in [0.29, 0.717) is 0 Å². The smallest absolute Gasteiger partial charge is 0.209 e. The van der Waals surface area contributed by atoms with Crippen molar-refractivity contribution < 1.29 is 0 Å². The summed E-state index contributed by atoms with van der Waals surface area (Å²) in [6.07, 6.45) is 0. The van der Waals surface area contributed by atoms with E-state index in [0.717, 1.165) is 11.0 Å². The Kier molecular flexibility index (Phi) is 3.86. The maximum Gasteiger partial charge on any atom is 0.209 e. The van der Waals surface area contributed by atoms with E-state index in [1.165, 1.54) is 10.4 Å². The predicted octanol–water partition coefficient (Wildman–Crippen LogP) is 2.66. The molecule has 0 radical (unpaired) electrons. The Morgan fingerprint density at radius 2 is 2.24 bits per heavy atom. The third kappa shape index (κ3) is 2.88. The summed E-state index contributed by atoms with van der Waals surface area (Å²) in [5.41, 5.74) is 7.36. The number of thiophene rings is 1. The molecule has 0 fully saturated rings. The molecule has 0 saturated carbocycles.